The van der Waals surface area contributed by atoms with Crippen LogP contribution in [0.25, 0.3) is 22.3 Å². The maximum absolute atomic E-state index is 4.73. The number of aromatic nitrogens is 6. The first-order valence-electron chi connectivity index (χ1n) is 8.00. The van der Waals surface area contributed by atoms with Crippen LogP contribution in [-0.4, -0.2) is 29.7 Å². The number of anilines is 1. The van der Waals surface area contributed by atoms with Gasteiger partial charge in [0.25, 0.3) is 0 Å². The summed E-state index contributed by atoms with van der Waals surface area (Å²) in [5.41, 5.74) is 1.76. The third-order valence-corrected chi connectivity index (χ3v) is 4.01. The zero-order valence-electron chi connectivity index (χ0n) is 14.0. The van der Waals surface area contributed by atoms with Gasteiger partial charge in [-0.2, -0.15) is 0 Å². The predicted molar refractivity (Wildman–Crippen MR) is 95.8 cm³/mol. The van der Waals surface area contributed by atoms with E-state index in [-0.39, 0.29) is 6.04 Å². The van der Waals surface area contributed by atoms with Gasteiger partial charge in [-0.15, -0.1) is 10.2 Å². The molecule has 4 rings (SSSR count). The van der Waals surface area contributed by atoms with Gasteiger partial charge in [0.2, 0.25) is 0 Å². The monoisotopic (exact) mass is 331 g/mol. The zero-order chi connectivity index (χ0) is 17.2. The van der Waals surface area contributed by atoms with Gasteiger partial charge in [0.05, 0.1) is 11.6 Å². The summed E-state index contributed by atoms with van der Waals surface area (Å²) in [4.78, 5) is 13.6. The van der Waals surface area contributed by atoms with Crippen LogP contribution in [0.4, 0.5) is 5.82 Å². The second kappa shape index (κ2) is 6.27. The van der Waals surface area contributed by atoms with E-state index in [1.165, 1.54) is 0 Å². The smallest absolute Gasteiger partial charge is 0.163 e. The minimum atomic E-state index is -0.0486. The van der Waals surface area contributed by atoms with Crippen molar-refractivity contribution in [3.05, 3.63) is 60.9 Å². The van der Waals surface area contributed by atoms with Crippen molar-refractivity contribution in [2.45, 2.75) is 13.0 Å². The first-order chi connectivity index (χ1) is 12.2. The topological polar surface area (TPSA) is 81.4 Å². The summed E-state index contributed by atoms with van der Waals surface area (Å²) >= 11 is 0. The van der Waals surface area contributed by atoms with Crippen LogP contribution in [0.15, 0.2) is 55.1 Å². The third kappa shape index (κ3) is 2.91. The lowest BCUT2D eigenvalue weighted by atomic mass is 10.2. The Labute approximate surface area is 144 Å². The highest BCUT2D eigenvalue weighted by Gasteiger charge is 2.15. The number of aryl methyl sites for hydroxylation is 1. The third-order valence-electron chi connectivity index (χ3n) is 4.01. The molecule has 124 valence electrons. The number of nitrogens with zero attached hydrogens (tertiary/aromatic N) is 6. The molecular weight excluding hydrogens is 314 g/mol. The Hall–Kier alpha value is -3.35. The largest absolute Gasteiger partial charge is 0.360 e. The van der Waals surface area contributed by atoms with Crippen molar-refractivity contribution in [2.75, 3.05) is 5.32 Å². The molecule has 0 fully saturated rings. The highest BCUT2D eigenvalue weighted by Crippen LogP contribution is 2.27. The van der Waals surface area contributed by atoms with Gasteiger partial charge in [-0.25, -0.2) is 9.97 Å². The molecule has 1 atom stereocenters. The molecule has 0 amide bonds. The van der Waals surface area contributed by atoms with Gasteiger partial charge >= 0.3 is 0 Å². The van der Waals surface area contributed by atoms with Gasteiger partial charge in [-0.1, -0.05) is 12.1 Å². The molecule has 1 N–H and O–H groups in total. The van der Waals surface area contributed by atoms with E-state index in [2.05, 4.69) is 25.5 Å². The van der Waals surface area contributed by atoms with E-state index in [1.54, 1.807) is 18.7 Å². The zero-order valence-corrected chi connectivity index (χ0v) is 14.0. The quantitative estimate of drug-likeness (QED) is 0.619. The highest BCUT2D eigenvalue weighted by molar-refractivity contribution is 5.90. The molecular formula is C18H17N7. The first kappa shape index (κ1) is 15.2. The Morgan fingerprint density at radius 1 is 1.08 bits per heavy atom. The summed E-state index contributed by atoms with van der Waals surface area (Å²) in [5, 5.41) is 12.5. The number of para-hydroxylation sites is 1. The average molecular weight is 331 g/mol. The summed E-state index contributed by atoms with van der Waals surface area (Å²) in [6, 6.07) is 11.7. The van der Waals surface area contributed by atoms with Crippen LogP contribution >= 0.6 is 0 Å². The Kier molecular flexibility index (Phi) is 3.81. The number of fused-ring (bicyclic) bond motifs is 1. The molecule has 3 aromatic heterocycles. The van der Waals surface area contributed by atoms with E-state index in [0.29, 0.717) is 5.82 Å². The van der Waals surface area contributed by atoms with Crippen LogP contribution in [-0.2, 0) is 7.05 Å². The molecule has 7 heteroatoms. The molecule has 0 spiro atoms. The molecule has 1 aromatic carbocycles. The Bertz CT molecular complexity index is 1010. The standard InChI is InChI=1S/C18H17N7/c1-12(18-24-20-11-25(18)2)21-17-14-7-3-4-8-15(14)22-16(23-17)13-6-5-9-19-10-13/h3-12H,1-2H3,(H,21,22,23). The molecule has 0 aliphatic heterocycles. The number of pyridine rings is 1. The summed E-state index contributed by atoms with van der Waals surface area (Å²) in [5.74, 6) is 2.24. The fraction of sp³-hybridized carbons (Fsp3) is 0.167. The van der Waals surface area contributed by atoms with Gasteiger partial charge in [-0.3, -0.25) is 4.98 Å². The van der Waals surface area contributed by atoms with E-state index in [1.807, 2.05) is 54.9 Å². The van der Waals surface area contributed by atoms with Gasteiger partial charge < -0.3 is 9.88 Å². The second-order valence-electron chi connectivity index (χ2n) is 5.82. The lowest BCUT2D eigenvalue weighted by molar-refractivity contribution is 0.717. The molecule has 25 heavy (non-hydrogen) atoms. The molecule has 1 unspecified atom stereocenters. The van der Waals surface area contributed by atoms with Crippen LogP contribution in [0.2, 0.25) is 0 Å². The van der Waals surface area contributed by atoms with E-state index >= 15 is 0 Å². The fourth-order valence-corrected chi connectivity index (χ4v) is 2.76. The van der Waals surface area contributed by atoms with Crippen molar-refractivity contribution in [2.24, 2.45) is 7.05 Å². The molecule has 0 bridgehead atoms. The number of hydrogen-bond donors (Lipinski definition) is 1. The van der Waals surface area contributed by atoms with E-state index in [4.69, 9.17) is 4.98 Å². The number of benzene rings is 1. The Morgan fingerprint density at radius 3 is 2.72 bits per heavy atom. The molecule has 0 saturated carbocycles. The summed E-state index contributed by atoms with van der Waals surface area (Å²) in [6.45, 7) is 2.03. The minimum Gasteiger partial charge on any atom is -0.360 e. The van der Waals surface area contributed by atoms with Crippen LogP contribution < -0.4 is 5.32 Å². The van der Waals surface area contributed by atoms with Gasteiger partial charge in [0.1, 0.15) is 12.1 Å². The van der Waals surface area contributed by atoms with E-state index in [0.717, 1.165) is 28.1 Å². The van der Waals surface area contributed by atoms with Gasteiger partial charge in [0, 0.05) is 30.4 Å². The molecule has 3 heterocycles. The molecule has 0 aliphatic rings. The molecule has 4 aromatic rings. The van der Waals surface area contributed by atoms with Crippen molar-refractivity contribution in [1.29, 1.82) is 0 Å². The molecule has 7 nitrogen and oxygen atoms in total. The van der Waals surface area contributed by atoms with Crippen LogP contribution in [0.5, 0.6) is 0 Å². The Morgan fingerprint density at radius 2 is 1.96 bits per heavy atom. The fourth-order valence-electron chi connectivity index (χ4n) is 2.76. The molecule has 0 aliphatic carbocycles. The van der Waals surface area contributed by atoms with Crippen molar-refractivity contribution >= 4 is 16.7 Å². The van der Waals surface area contributed by atoms with Crippen LogP contribution in [0.3, 0.4) is 0 Å². The van der Waals surface area contributed by atoms with Crippen molar-refractivity contribution < 1.29 is 0 Å². The lowest BCUT2D eigenvalue weighted by Gasteiger charge is -2.16. The SMILES string of the molecule is CC(Nc1nc(-c2cccnc2)nc2ccccc12)c1nncn1C. The second-order valence-corrected chi connectivity index (χ2v) is 5.82. The highest BCUT2D eigenvalue weighted by atomic mass is 15.3. The normalized spacial score (nSPS) is 12.2. The number of rotatable bonds is 4. The summed E-state index contributed by atoms with van der Waals surface area (Å²) < 4.78 is 1.89. The van der Waals surface area contributed by atoms with Crippen molar-refractivity contribution in [3.63, 3.8) is 0 Å². The molecule has 0 saturated heterocycles. The van der Waals surface area contributed by atoms with Crippen LogP contribution in [0, 0.1) is 0 Å². The first-order valence-corrected chi connectivity index (χ1v) is 8.00. The van der Waals surface area contributed by atoms with Gasteiger partial charge in [0.15, 0.2) is 11.6 Å². The number of nitrogens with one attached hydrogen (secondary N) is 1. The number of hydrogen-bond acceptors (Lipinski definition) is 6. The maximum atomic E-state index is 4.73. The summed E-state index contributed by atoms with van der Waals surface area (Å²) in [6.07, 6.45) is 5.19. The Balaban J connectivity index is 1.80. The predicted octanol–water partition coefficient (Wildman–Crippen LogP) is 2.99. The van der Waals surface area contributed by atoms with Crippen LogP contribution in [0.1, 0.15) is 18.8 Å². The van der Waals surface area contributed by atoms with E-state index < -0.39 is 0 Å². The van der Waals surface area contributed by atoms with Gasteiger partial charge in [-0.05, 0) is 31.2 Å². The molecule has 0 radical (unpaired) electrons. The summed E-state index contributed by atoms with van der Waals surface area (Å²) in [7, 11) is 1.92. The van der Waals surface area contributed by atoms with Crippen molar-refractivity contribution in [1.82, 2.24) is 29.7 Å². The lowest BCUT2D eigenvalue weighted by Crippen LogP contribution is -2.13. The average Bonchev–Trinajstić information content (AvgIpc) is 3.08. The minimum absolute atomic E-state index is 0.0486. The maximum Gasteiger partial charge on any atom is 0.163 e. The van der Waals surface area contributed by atoms with Crippen molar-refractivity contribution in [3.8, 4) is 11.4 Å². The van der Waals surface area contributed by atoms with E-state index in [9.17, 15) is 0 Å².